The standard InChI is InChI=1S/C34H42F2N4O5/c1-21(41)40(18-23-17-39(19-26(23)31(42)43)32(44)45-34(5,6)7)29(33(2,3)4)30-37-28(25-15-24(35)13-14-27(25)36)20-38(30)16-22-11-9-8-10-12-22/h8-15,20,23,26,29H,16-19H2,1-7H3,(H,42,43)/t23?,26?,29-/m0/s1. The van der Waals surface area contributed by atoms with Crippen molar-refractivity contribution in [3.63, 3.8) is 0 Å². The summed E-state index contributed by atoms with van der Waals surface area (Å²) in [7, 11) is 0. The highest BCUT2D eigenvalue weighted by Crippen LogP contribution is 2.41. The van der Waals surface area contributed by atoms with E-state index in [1.165, 1.54) is 11.8 Å². The predicted molar refractivity (Wildman–Crippen MR) is 165 cm³/mol. The van der Waals surface area contributed by atoms with E-state index in [0.29, 0.717) is 12.4 Å². The maximum Gasteiger partial charge on any atom is 0.410 e. The number of aliphatic carboxylic acids is 1. The summed E-state index contributed by atoms with van der Waals surface area (Å²) in [6, 6.07) is 12.0. The molecule has 1 saturated heterocycles. The van der Waals surface area contributed by atoms with Crippen molar-refractivity contribution in [3.8, 4) is 11.3 Å². The third-order valence-corrected chi connectivity index (χ3v) is 7.83. The number of carboxylic acid groups (broad SMARTS) is 1. The number of carbonyl (C=O) groups excluding carboxylic acids is 2. The van der Waals surface area contributed by atoms with E-state index in [9.17, 15) is 28.3 Å². The van der Waals surface area contributed by atoms with Crippen molar-refractivity contribution in [3.05, 3.63) is 77.8 Å². The van der Waals surface area contributed by atoms with Crippen molar-refractivity contribution < 1.29 is 33.0 Å². The van der Waals surface area contributed by atoms with Gasteiger partial charge >= 0.3 is 12.1 Å². The molecule has 1 N–H and O–H groups in total. The largest absolute Gasteiger partial charge is 0.481 e. The second kappa shape index (κ2) is 13.0. The van der Waals surface area contributed by atoms with Crippen LogP contribution in [-0.4, -0.2) is 67.7 Å². The lowest BCUT2D eigenvalue weighted by Crippen LogP contribution is -2.45. The molecule has 2 amide bonds. The molecule has 11 heteroatoms. The zero-order valence-corrected chi connectivity index (χ0v) is 26.9. The molecule has 2 heterocycles. The number of benzene rings is 2. The first-order valence-electron chi connectivity index (χ1n) is 15.0. The van der Waals surface area contributed by atoms with Gasteiger partial charge in [-0.3, -0.25) is 9.59 Å². The lowest BCUT2D eigenvalue weighted by atomic mass is 9.83. The van der Waals surface area contributed by atoms with E-state index in [2.05, 4.69) is 0 Å². The van der Waals surface area contributed by atoms with E-state index in [-0.39, 0.29) is 36.8 Å². The first-order valence-corrected chi connectivity index (χ1v) is 15.0. The molecular weight excluding hydrogens is 582 g/mol. The van der Waals surface area contributed by atoms with E-state index in [1.54, 1.807) is 31.9 Å². The highest BCUT2D eigenvalue weighted by molar-refractivity contribution is 5.76. The highest BCUT2D eigenvalue weighted by atomic mass is 19.1. The molecule has 45 heavy (non-hydrogen) atoms. The zero-order valence-electron chi connectivity index (χ0n) is 26.9. The van der Waals surface area contributed by atoms with Crippen molar-refractivity contribution in [2.75, 3.05) is 19.6 Å². The Morgan fingerprint density at radius 2 is 1.71 bits per heavy atom. The molecule has 0 spiro atoms. The smallest absolute Gasteiger partial charge is 0.410 e. The minimum absolute atomic E-state index is 0.0140. The molecule has 3 atom stereocenters. The molecule has 1 fully saturated rings. The van der Waals surface area contributed by atoms with Crippen LogP contribution < -0.4 is 0 Å². The molecule has 0 saturated carbocycles. The summed E-state index contributed by atoms with van der Waals surface area (Å²) in [5.74, 6) is -3.73. The monoisotopic (exact) mass is 624 g/mol. The molecule has 2 aromatic carbocycles. The van der Waals surface area contributed by atoms with E-state index < -0.39 is 52.6 Å². The molecule has 1 aliphatic rings. The number of aromatic nitrogens is 2. The number of nitrogens with zero attached hydrogens (tertiary/aromatic N) is 4. The molecule has 9 nitrogen and oxygen atoms in total. The Balaban J connectivity index is 1.79. The van der Waals surface area contributed by atoms with Crippen molar-refractivity contribution in [2.24, 2.45) is 17.3 Å². The zero-order chi connectivity index (χ0) is 33.3. The summed E-state index contributed by atoms with van der Waals surface area (Å²) < 4.78 is 36.5. The lowest BCUT2D eigenvalue weighted by molar-refractivity contribution is -0.144. The van der Waals surface area contributed by atoms with E-state index in [4.69, 9.17) is 9.72 Å². The Bertz CT molecular complexity index is 1540. The number of carboxylic acids is 1. The van der Waals surface area contributed by atoms with Crippen molar-refractivity contribution >= 4 is 18.0 Å². The fourth-order valence-corrected chi connectivity index (χ4v) is 5.85. The van der Waals surface area contributed by atoms with Gasteiger partial charge in [0.15, 0.2) is 0 Å². The van der Waals surface area contributed by atoms with Crippen LogP contribution in [0.3, 0.4) is 0 Å². The van der Waals surface area contributed by atoms with Crippen LogP contribution in [0.2, 0.25) is 0 Å². The maximum absolute atomic E-state index is 15.0. The molecule has 0 radical (unpaired) electrons. The van der Waals surface area contributed by atoms with Gasteiger partial charge in [-0.05, 0) is 49.9 Å². The highest BCUT2D eigenvalue weighted by Gasteiger charge is 2.45. The van der Waals surface area contributed by atoms with Crippen LogP contribution in [0.5, 0.6) is 0 Å². The van der Waals surface area contributed by atoms with Gasteiger partial charge in [0.25, 0.3) is 0 Å². The number of likely N-dealkylation sites (tertiary alicyclic amines) is 1. The number of halogens is 2. The Labute approximate surface area is 262 Å². The average Bonchev–Trinajstić information content (AvgIpc) is 3.53. The quantitative estimate of drug-likeness (QED) is 0.312. The van der Waals surface area contributed by atoms with Crippen LogP contribution in [-0.2, 0) is 20.9 Å². The molecule has 242 valence electrons. The normalized spacial score (nSPS) is 17.7. The number of hydrogen-bond acceptors (Lipinski definition) is 5. The summed E-state index contributed by atoms with van der Waals surface area (Å²) in [5.41, 5.74) is -0.272. The predicted octanol–water partition coefficient (Wildman–Crippen LogP) is 6.38. The van der Waals surface area contributed by atoms with Crippen molar-refractivity contribution in [1.29, 1.82) is 0 Å². The molecule has 0 aliphatic carbocycles. The van der Waals surface area contributed by atoms with Gasteiger partial charge in [0.1, 0.15) is 23.1 Å². The first kappa shape index (κ1) is 33.6. The number of amides is 2. The molecule has 4 rings (SSSR count). The van der Waals surface area contributed by atoms with Gasteiger partial charge in [-0.2, -0.15) is 0 Å². The second-order valence-electron chi connectivity index (χ2n) is 13.8. The number of imidazole rings is 1. The van der Waals surface area contributed by atoms with Gasteiger partial charge < -0.3 is 24.2 Å². The number of hydrogen-bond donors (Lipinski definition) is 1. The van der Waals surface area contributed by atoms with Gasteiger partial charge in [-0.1, -0.05) is 51.1 Å². The maximum atomic E-state index is 15.0. The number of carbonyl (C=O) groups is 3. The fraction of sp³-hybridized carbons (Fsp3) is 0.471. The average molecular weight is 625 g/mol. The molecule has 2 unspecified atom stereocenters. The third-order valence-electron chi connectivity index (χ3n) is 7.83. The van der Waals surface area contributed by atoms with Gasteiger partial charge in [0.05, 0.1) is 17.7 Å². The van der Waals surface area contributed by atoms with Crippen LogP contribution in [0.25, 0.3) is 11.3 Å². The van der Waals surface area contributed by atoms with Crippen molar-refractivity contribution in [1.82, 2.24) is 19.4 Å². The van der Waals surface area contributed by atoms with E-state index >= 15 is 0 Å². The Morgan fingerprint density at radius 3 is 2.29 bits per heavy atom. The lowest BCUT2D eigenvalue weighted by Gasteiger charge is -2.41. The number of rotatable bonds is 8. The van der Waals surface area contributed by atoms with Crippen LogP contribution >= 0.6 is 0 Å². The van der Waals surface area contributed by atoms with Crippen LogP contribution in [0.4, 0.5) is 13.6 Å². The van der Waals surface area contributed by atoms with Crippen LogP contribution in [0.15, 0.2) is 54.7 Å². The van der Waals surface area contributed by atoms with Crippen LogP contribution in [0.1, 0.15) is 65.9 Å². The summed E-state index contributed by atoms with van der Waals surface area (Å²) >= 11 is 0. The topological polar surface area (TPSA) is 105 Å². The van der Waals surface area contributed by atoms with Gasteiger partial charge in [-0.25, -0.2) is 18.6 Å². The summed E-state index contributed by atoms with van der Waals surface area (Å²) in [5, 5.41) is 10.1. The number of ether oxygens (including phenoxy) is 1. The van der Waals surface area contributed by atoms with E-state index in [0.717, 1.165) is 23.8 Å². The summed E-state index contributed by atoms with van der Waals surface area (Å²) in [6.45, 7) is 12.8. The Hall–Kier alpha value is -4.28. The molecule has 3 aromatic rings. The summed E-state index contributed by atoms with van der Waals surface area (Å²) in [6.07, 6.45) is 1.04. The van der Waals surface area contributed by atoms with Gasteiger partial charge in [0, 0.05) is 50.8 Å². The summed E-state index contributed by atoms with van der Waals surface area (Å²) in [4.78, 5) is 46.5. The van der Waals surface area contributed by atoms with Gasteiger partial charge in [-0.15, -0.1) is 0 Å². The Kier molecular flexibility index (Phi) is 9.70. The van der Waals surface area contributed by atoms with E-state index in [1.807, 2.05) is 55.7 Å². The fourth-order valence-electron chi connectivity index (χ4n) is 5.85. The molecule has 0 bridgehead atoms. The minimum Gasteiger partial charge on any atom is -0.481 e. The SMILES string of the molecule is CC(=O)N(CC1CN(C(=O)OC(C)(C)C)CC1C(=O)O)[C@@H](c1nc(-c2cc(F)ccc2F)cn1Cc1ccccc1)C(C)(C)C. The van der Waals surface area contributed by atoms with Crippen LogP contribution in [0, 0.1) is 28.9 Å². The van der Waals surface area contributed by atoms with Gasteiger partial charge in [0.2, 0.25) is 5.91 Å². The minimum atomic E-state index is -1.07. The second-order valence-corrected chi connectivity index (χ2v) is 13.8. The first-order chi connectivity index (χ1) is 20.9. The van der Waals surface area contributed by atoms with Crippen molar-refractivity contribution in [2.45, 2.75) is 66.7 Å². The Morgan fingerprint density at radius 1 is 1.04 bits per heavy atom. The molecular formula is C34H42F2N4O5. The molecule has 1 aromatic heterocycles. The third kappa shape index (κ3) is 8.06. The molecule has 1 aliphatic heterocycles.